The van der Waals surface area contributed by atoms with Crippen LogP contribution in [0.15, 0.2) is 48.5 Å². The van der Waals surface area contributed by atoms with Gasteiger partial charge < -0.3 is 15.1 Å². The van der Waals surface area contributed by atoms with Crippen LogP contribution in [0.5, 0.6) is 0 Å². The second-order valence-corrected chi connectivity index (χ2v) is 10.2. The van der Waals surface area contributed by atoms with Gasteiger partial charge in [-0.15, -0.1) is 0 Å². The quantitative estimate of drug-likeness (QED) is 0.524. The first-order chi connectivity index (χ1) is 17.4. The van der Waals surface area contributed by atoms with E-state index >= 15 is 0 Å². The van der Waals surface area contributed by atoms with Crippen LogP contribution in [0.3, 0.4) is 0 Å². The summed E-state index contributed by atoms with van der Waals surface area (Å²) in [6.45, 7) is 7.79. The number of nitrogens with one attached hydrogen (secondary N) is 1. The highest BCUT2D eigenvalue weighted by atomic mass is 35.5. The lowest BCUT2D eigenvalue weighted by Crippen LogP contribution is -2.46. The molecular formula is C28H32ClN5O2. The summed E-state index contributed by atoms with van der Waals surface area (Å²) in [5.74, 6) is -0.183. The number of piperidine rings is 1. The zero-order valence-electron chi connectivity index (χ0n) is 20.8. The van der Waals surface area contributed by atoms with Gasteiger partial charge in [0.25, 0.3) is 11.8 Å². The minimum absolute atomic E-state index is 0.0570. The van der Waals surface area contributed by atoms with Gasteiger partial charge in [-0.2, -0.15) is 5.10 Å². The van der Waals surface area contributed by atoms with Gasteiger partial charge in [0.2, 0.25) is 0 Å². The van der Waals surface area contributed by atoms with Crippen molar-refractivity contribution in [2.24, 2.45) is 0 Å². The number of hydrogen-bond donors (Lipinski definition) is 1. The topological polar surface area (TPSA) is 70.5 Å². The summed E-state index contributed by atoms with van der Waals surface area (Å²) in [7, 11) is 0. The summed E-state index contributed by atoms with van der Waals surface area (Å²) in [5, 5.41) is 8.13. The first-order valence-corrected chi connectivity index (χ1v) is 13.1. The average molecular weight is 506 g/mol. The van der Waals surface area contributed by atoms with Gasteiger partial charge in [0, 0.05) is 35.4 Å². The molecule has 8 heteroatoms. The number of aromatic nitrogens is 2. The Morgan fingerprint density at radius 3 is 2.42 bits per heavy atom. The van der Waals surface area contributed by atoms with Crippen LogP contribution < -0.4 is 5.32 Å². The maximum absolute atomic E-state index is 13.5. The third kappa shape index (κ3) is 5.04. The van der Waals surface area contributed by atoms with Crippen molar-refractivity contribution in [1.82, 2.24) is 19.6 Å². The molecular weight excluding hydrogens is 474 g/mol. The van der Waals surface area contributed by atoms with E-state index in [1.54, 1.807) is 28.9 Å². The smallest absolute Gasteiger partial charge is 0.257 e. The number of anilines is 1. The molecule has 2 aliphatic rings. The molecule has 2 amide bonds. The minimum atomic E-state index is -0.240. The number of likely N-dealkylation sites (tertiary alicyclic amines) is 2. The van der Waals surface area contributed by atoms with Crippen molar-refractivity contribution in [2.45, 2.75) is 45.6 Å². The van der Waals surface area contributed by atoms with Gasteiger partial charge in [-0.3, -0.25) is 9.59 Å². The summed E-state index contributed by atoms with van der Waals surface area (Å²) in [4.78, 5) is 30.7. The number of amides is 2. The summed E-state index contributed by atoms with van der Waals surface area (Å²) in [5.41, 5.74) is 4.10. The van der Waals surface area contributed by atoms with Crippen molar-refractivity contribution in [2.75, 3.05) is 31.5 Å². The summed E-state index contributed by atoms with van der Waals surface area (Å²) < 4.78 is 1.79. The molecule has 0 saturated carbocycles. The molecule has 2 aromatic carbocycles. The molecule has 2 saturated heterocycles. The number of halogens is 1. The lowest BCUT2D eigenvalue weighted by atomic mass is 10.0. The van der Waals surface area contributed by atoms with Crippen LogP contribution in [0, 0.1) is 13.8 Å². The molecule has 0 bridgehead atoms. The first-order valence-electron chi connectivity index (χ1n) is 12.7. The molecule has 0 spiro atoms. The number of nitrogens with zero attached hydrogens (tertiary/aromatic N) is 4. The Kier molecular flexibility index (Phi) is 7.12. The van der Waals surface area contributed by atoms with Crippen LogP contribution in [0.1, 0.15) is 57.8 Å². The standard InChI is InChI=1S/C28H32ClN5O2/c1-19-26(28(36)33-15-11-24(12-16-33)32-13-3-4-14-32)20(2)34(31-19)25-10-6-9-23(18-25)30-27(35)21-7-5-8-22(29)17-21/h5-10,17-18,24H,3-4,11-16H2,1-2H3,(H,30,35). The van der Waals surface area contributed by atoms with Crippen molar-refractivity contribution >= 4 is 29.1 Å². The van der Waals surface area contributed by atoms with Crippen LogP contribution in [-0.2, 0) is 0 Å². The molecule has 3 heterocycles. The Morgan fingerprint density at radius 1 is 0.972 bits per heavy atom. The molecule has 0 radical (unpaired) electrons. The van der Waals surface area contributed by atoms with Gasteiger partial charge in [0.05, 0.1) is 22.6 Å². The number of rotatable bonds is 5. The van der Waals surface area contributed by atoms with Gasteiger partial charge in [-0.05, 0) is 89.0 Å². The van der Waals surface area contributed by atoms with E-state index in [9.17, 15) is 9.59 Å². The number of carbonyl (C=O) groups excluding carboxylic acids is 2. The van der Waals surface area contributed by atoms with Crippen LogP contribution in [0.2, 0.25) is 5.02 Å². The molecule has 3 aromatic rings. The highest BCUT2D eigenvalue weighted by molar-refractivity contribution is 6.31. The van der Waals surface area contributed by atoms with Crippen LogP contribution in [0.25, 0.3) is 5.69 Å². The minimum Gasteiger partial charge on any atom is -0.338 e. The summed E-state index contributed by atoms with van der Waals surface area (Å²) in [6.07, 6.45) is 4.66. The van der Waals surface area contributed by atoms with Crippen LogP contribution in [-0.4, -0.2) is 63.6 Å². The Hall–Kier alpha value is -3.16. The fourth-order valence-corrected chi connectivity index (χ4v) is 5.64. The van der Waals surface area contributed by atoms with Gasteiger partial charge in [0.1, 0.15) is 0 Å². The van der Waals surface area contributed by atoms with Gasteiger partial charge in [-0.25, -0.2) is 4.68 Å². The van der Waals surface area contributed by atoms with E-state index in [0.29, 0.717) is 33.6 Å². The van der Waals surface area contributed by atoms with E-state index in [4.69, 9.17) is 16.7 Å². The van der Waals surface area contributed by atoms with Gasteiger partial charge in [-0.1, -0.05) is 23.7 Å². The van der Waals surface area contributed by atoms with Crippen molar-refractivity contribution in [3.05, 3.63) is 76.1 Å². The molecule has 2 fully saturated rings. The van der Waals surface area contributed by atoms with E-state index in [-0.39, 0.29) is 11.8 Å². The predicted octanol–water partition coefficient (Wildman–Crippen LogP) is 5.10. The second kappa shape index (κ2) is 10.4. The predicted molar refractivity (Wildman–Crippen MR) is 142 cm³/mol. The fourth-order valence-electron chi connectivity index (χ4n) is 5.45. The molecule has 7 nitrogen and oxygen atoms in total. The molecule has 0 unspecified atom stereocenters. The van der Waals surface area contributed by atoms with Gasteiger partial charge >= 0.3 is 0 Å². The maximum atomic E-state index is 13.5. The van der Waals surface area contributed by atoms with E-state index in [2.05, 4.69) is 10.2 Å². The first kappa shape index (κ1) is 24.5. The normalized spacial score (nSPS) is 16.9. The number of aryl methyl sites for hydroxylation is 1. The largest absolute Gasteiger partial charge is 0.338 e. The van der Waals surface area contributed by atoms with E-state index in [0.717, 1.165) is 37.3 Å². The van der Waals surface area contributed by atoms with Crippen molar-refractivity contribution in [3.63, 3.8) is 0 Å². The van der Waals surface area contributed by atoms with E-state index in [1.807, 2.05) is 43.0 Å². The Balaban J connectivity index is 1.31. The molecule has 1 aromatic heterocycles. The van der Waals surface area contributed by atoms with E-state index in [1.165, 1.54) is 25.9 Å². The Labute approximate surface area is 217 Å². The van der Waals surface area contributed by atoms with Crippen molar-refractivity contribution in [1.29, 1.82) is 0 Å². The van der Waals surface area contributed by atoms with Crippen LogP contribution in [0.4, 0.5) is 5.69 Å². The molecule has 2 aliphatic heterocycles. The average Bonchev–Trinajstić information content (AvgIpc) is 3.52. The van der Waals surface area contributed by atoms with E-state index < -0.39 is 0 Å². The zero-order valence-corrected chi connectivity index (χ0v) is 21.6. The van der Waals surface area contributed by atoms with Crippen molar-refractivity contribution < 1.29 is 9.59 Å². The maximum Gasteiger partial charge on any atom is 0.257 e. The second-order valence-electron chi connectivity index (χ2n) is 9.74. The monoisotopic (exact) mass is 505 g/mol. The zero-order chi connectivity index (χ0) is 25.2. The summed E-state index contributed by atoms with van der Waals surface area (Å²) in [6, 6.07) is 14.9. The molecule has 0 atom stereocenters. The molecule has 0 aliphatic carbocycles. The Bertz CT molecular complexity index is 1270. The molecule has 5 rings (SSSR count). The van der Waals surface area contributed by atoms with Crippen LogP contribution >= 0.6 is 11.6 Å². The highest BCUT2D eigenvalue weighted by Crippen LogP contribution is 2.26. The number of carbonyl (C=O) groups is 2. The Morgan fingerprint density at radius 2 is 1.69 bits per heavy atom. The molecule has 36 heavy (non-hydrogen) atoms. The highest BCUT2D eigenvalue weighted by Gasteiger charge is 2.31. The fraction of sp³-hybridized carbons (Fsp3) is 0.393. The number of hydrogen-bond acceptors (Lipinski definition) is 4. The molecule has 188 valence electrons. The third-order valence-corrected chi connectivity index (χ3v) is 7.58. The lowest BCUT2D eigenvalue weighted by molar-refractivity contribution is 0.0643. The van der Waals surface area contributed by atoms with Crippen molar-refractivity contribution in [3.8, 4) is 5.69 Å². The summed E-state index contributed by atoms with van der Waals surface area (Å²) >= 11 is 6.03. The van der Waals surface area contributed by atoms with Gasteiger partial charge in [0.15, 0.2) is 0 Å². The number of benzene rings is 2. The molecule has 1 N–H and O–H groups in total. The SMILES string of the molecule is Cc1nn(-c2cccc(NC(=O)c3cccc(Cl)c3)c2)c(C)c1C(=O)N1CCC(N2CCCC2)CC1. The lowest BCUT2D eigenvalue weighted by Gasteiger charge is -2.36. The third-order valence-electron chi connectivity index (χ3n) is 7.35.